The van der Waals surface area contributed by atoms with Crippen molar-refractivity contribution in [3.8, 4) is 0 Å². The van der Waals surface area contributed by atoms with Crippen molar-refractivity contribution in [2.45, 2.75) is 102 Å². The van der Waals surface area contributed by atoms with Crippen LogP contribution in [-0.2, 0) is 28.6 Å². The maximum atomic E-state index is 13.3. The third-order valence-electron chi connectivity index (χ3n) is 10.8. The number of aliphatic hydroxyl groups is 4. The summed E-state index contributed by atoms with van der Waals surface area (Å²) in [4.78, 5) is 39.3. The standard InChI is InChI=1S/C28H40O10/c1-8-12(3)22(32)38-28-18(24(28,6)7)17-21-25(11-29,37-21)23(33)27(35)15(10-13(4)19(27)31)26(17,34)14(5)20(28)36-16(30)9-2/h10,12,14-15,17-18,20-21,23,29,33-35H,8-9,11H2,1-7H3/t12?,14-,15+,17-,18+,20?,21?,23?,25?,26?,27?,28?/m1/s1. The molecule has 0 amide bonds. The van der Waals surface area contributed by atoms with Gasteiger partial charge < -0.3 is 34.6 Å². The van der Waals surface area contributed by atoms with Crippen molar-refractivity contribution in [1.29, 1.82) is 0 Å². The summed E-state index contributed by atoms with van der Waals surface area (Å²) >= 11 is 0. The highest BCUT2D eigenvalue weighted by Crippen LogP contribution is 2.79. The molecule has 4 N–H and O–H groups in total. The van der Waals surface area contributed by atoms with Crippen molar-refractivity contribution >= 4 is 17.7 Å². The summed E-state index contributed by atoms with van der Waals surface area (Å²) in [7, 11) is 0. The van der Waals surface area contributed by atoms with E-state index in [1.165, 1.54) is 13.0 Å². The number of fused-ring (bicyclic) bond motifs is 7. The van der Waals surface area contributed by atoms with Gasteiger partial charge in [-0.25, -0.2) is 0 Å². The van der Waals surface area contributed by atoms with E-state index in [2.05, 4.69) is 0 Å². The molecule has 1 heterocycles. The zero-order valence-electron chi connectivity index (χ0n) is 23.1. The molecule has 38 heavy (non-hydrogen) atoms. The highest BCUT2D eigenvalue weighted by molar-refractivity contribution is 6.05. The van der Waals surface area contributed by atoms with Crippen LogP contribution in [0.3, 0.4) is 0 Å². The van der Waals surface area contributed by atoms with Gasteiger partial charge in [0.25, 0.3) is 0 Å². The first-order valence-corrected chi connectivity index (χ1v) is 13.7. The Labute approximate surface area is 222 Å². The maximum Gasteiger partial charge on any atom is 0.309 e. The summed E-state index contributed by atoms with van der Waals surface area (Å²) in [5.74, 6) is -5.91. The SMILES string of the molecule is CCC(=O)OC1[C@@H](C)C2(O)[C@@H]3C=C(C)C(=O)C3(O)C(O)C3(CO)OC3[C@H]2[C@H]2C(C)(C)C12OC(=O)C(C)CC. The van der Waals surface area contributed by atoms with Crippen LogP contribution < -0.4 is 0 Å². The first-order valence-electron chi connectivity index (χ1n) is 13.7. The molecule has 0 aromatic heterocycles. The second kappa shape index (κ2) is 8.10. The Balaban J connectivity index is 1.74. The molecular formula is C28H40O10. The van der Waals surface area contributed by atoms with Crippen LogP contribution in [-0.4, -0.2) is 85.5 Å². The summed E-state index contributed by atoms with van der Waals surface area (Å²) in [5, 5.41) is 46.5. The van der Waals surface area contributed by atoms with Gasteiger partial charge in [0.1, 0.15) is 17.8 Å². The van der Waals surface area contributed by atoms with Crippen LogP contribution in [0, 0.1) is 35.0 Å². The molecule has 8 unspecified atom stereocenters. The van der Waals surface area contributed by atoms with E-state index in [4.69, 9.17) is 14.2 Å². The lowest BCUT2D eigenvalue weighted by molar-refractivity contribution is -0.245. The van der Waals surface area contributed by atoms with Gasteiger partial charge in [0.05, 0.1) is 24.2 Å². The van der Waals surface area contributed by atoms with Gasteiger partial charge in [-0.05, 0) is 18.9 Å². The molecule has 0 bridgehead atoms. The zero-order chi connectivity index (χ0) is 28.4. The summed E-state index contributed by atoms with van der Waals surface area (Å²) in [6, 6.07) is 0. The largest absolute Gasteiger partial charge is 0.458 e. The second-order valence-electron chi connectivity index (χ2n) is 12.7. The monoisotopic (exact) mass is 536 g/mol. The second-order valence-corrected chi connectivity index (χ2v) is 12.7. The van der Waals surface area contributed by atoms with Gasteiger partial charge in [-0.15, -0.1) is 0 Å². The highest BCUT2D eigenvalue weighted by atomic mass is 16.6. The summed E-state index contributed by atoms with van der Waals surface area (Å²) in [6.07, 6.45) is -1.81. The lowest BCUT2D eigenvalue weighted by atomic mass is 9.58. The quantitative estimate of drug-likeness (QED) is 0.280. The average Bonchev–Trinajstić information content (AvgIpc) is 3.71. The smallest absolute Gasteiger partial charge is 0.309 e. The van der Waals surface area contributed by atoms with Crippen molar-refractivity contribution in [2.75, 3.05) is 6.61 Å². The number of carbonyl (C=O) groups excluding carboxylic acids is 3. The number of esters is 2. The molecule has 5 rings (SSSR count). The molecule has 3 saturated carbocycles. The number of ketones is 1. The minimum Gasteiger partial charge on any atom is -0.458 e. The van der Waals surface area contributed by atoms with Crippen LogP contribution in [0.15, 0.2) is 11.6 Å². The predicted octanol–water partition coefficient (Wildman–Crippen LogP) is 0.670. The van der Waals surface area contributed by atoms with Crippen molar-refractivity contribution in [2.24, 2.45) is 35.0 Å². The molecule has 1 saturated heterocycles. The van der Waals surface area contributed by atoms with Crippen molar-refractivity contribution in [3.63, 3.8) is 0 Å². The van der Waals surface area contributed by atoms with Gasteiger partial charge in [-0.3, -0.25) is 14.4 Å². The minimum absolute atomic E-state index is 0.0501. The number of hydrogen-bond acceptors (Lipinski definition) is 10. The van der Waals surface area contributed by atoms with E-state index in [9.17, 15) is 34.8 Å². The van der Waals surface area contributed by atoms with Crippen LogP contribution in [0.2, 0.25) is 0 Å². The molecule has 0 radical (unpaired) electrons. The fraction of sp³-hybridized carbons (Fsp3) is 0.821. The van der Waals surface area contributed by atoms with Crippen LogP contribution in [0.25, 0.3) is 0 Å². The Hall–Kier alpha value is -1.85. The molecule has 212 valence electrons. The normalized spacial score (nSPS) is 50.3. The lowest BCUT2D eigenvalue weighted by Gasteiger charge is -2.53. The fourth-order valence-electron chi connectivity index (χ4n) is 8.33. The van der Waals surface area contributed by atoms with E-state index >= 15 is 0 Å². The van der Waals surface area contributed by atoms with E-state index in [0.29, 0.717) is 6.42 Å². The first kappa shape index (κ1) is 27.7. The van der Waals surface area contributed by atoms with E-state index in [1.54, 1.807) is 20.8 Å². The molecule has 10 heteroatoms. The van der Waals surface area contributed by atoms with Crippen LogP contribution in [0.1, 0.15) is 61.3 Å². The minimum atomic E-state index is -2.47. The Bertz CT molecular complexity index is 1110. The third kappa shape index (κ3) is 2.88. The number of epoxide rings is 1. The van der Waals surface area contributed by atoms with Crippen molar-refractivity contribution < 1.29 is 49.0 Å². The van der Waals surface area contributed by atoms with Gasteiger partial charge in [-0.2, -0.15) is 0 Å². The molecule has 10 nitrogen and oxygen atoms in total. The van der Waals surface area contributed by atoms with Gasteiger partial charge >= 0.3 is 11.9 Å². The van der Waals surface area contributed by atoms with Gasteiger partial charge in [0.15, 0.2) is 17.0 Å². The molecule has 4 fully saturated rings. The van der Waals surface area contributed by atoms with E-state index in [1.807, 2.05) is 20.8 Å². The molecule has 0 aromatic rings. The number of Topliss-reactive ketones (excluding diaryl/α,β-unsaturated/α-hetero) is 1. The number of hydrogen-bond donors (Lipinski definition) is 4. The Morgan fingerprint density at radius 1 is 1.21 bits per heavy atom. The van der Waals surface area contributed by atoms with Crippen LogP contribution >= 0.6 is 0 Å². The van der Waals surface area contributed by atoms with Gasteiger partial charge in [0.2, 0.25) is 0 Å². The zero-order valence-corrected chi connectivity index (χ0v) is 23.1. The van der Waals surface area contributed by atoms with E-state index in [0.717, 1.165) is 0 Å². The van der Waals surface area contributed by atoms with Crippen molar-refractivity contribution in [3.05, 3.63) is 11.6 Å². The summed E-state index contributed by atoms with van der Waals surface area (Å²) < 4.78 is 18.2. The molecule has 4 aliphatic carbocycles. The first-order chi connectivity index (χ1) is 17.6. The predicted molar refractivity (Wildman–Crippen MR) is 131 cm³/mol. The fourth-order valence-corrected chi connectivity index (χ4v) is 8.33. The maximum absolute atomic E-state index is 13.3. The third-order valence-corrected chi connectivity index (χ3v) is 10.8. The number of rotatable bonds is 6. The molecule has 0 aromatic carbocycles. The highest BCUT2D eigenvalue weighted by Gasteiger charge is 2.93. The molecular weight excluding hydrogens is 496 g/mol. The summed E-state index contributed by atoms with van der Waals surface area (Å²) in [6.45, 7) is 11.4. The lowest BCUT2D eigenvalue weighted by Crippen LogP contribution is -2.69. The van der Waals surface area contributed by atoms with Crippen molar-refractivity contribution in [1.82, 2.24) is 0 Å². The molecule has 0 spiro atoms. The van der Waals surface area contributed by atoms with E-state index in [-0.39, 0.29) is 12.0 Å². The van der Waals surface area contributed by atoms with Gasteiger partial charge in [-0.1, -0.05) is 47.6 Å². The number of aliphatic hydroxyl groups excluding tert-OH is 2. The average molecular weight is 537 g/mol. The Morgan fingerprint density at radius 3 is 2.39 bits per heavy atom. The number of ether oxygens (including phenoxy) is 3. The van der Waals surface area contributed by atoms with Crippen LogP contribution in [0.4, 0.5) is 0 Å². The number of carbonyl (C=O) groups is 3. The molecule has 1 aliphatic heterocycles. The summed E-state index contributed by atoms with van der Waals surface area (Å²) in [5.41, 5.74) is -8.05. The molecule has 5 aliphatic rings. The topological polar surface area (TPSA) is 163 Å². The molecule has 12 atom stereocenters. The Morgan fingerprint density at radius 2 is 1.84 bits per heavy atom. The Kier molecular flexibility index (Phi) is 5.90. The van der Waals surface area contributed by atoms with Gasteiger partial charge in [0, 0.05) is 35.5 Å². The van der Waals surface area contributed by atoms with Crippen LogP contribution in [0.5, 0.6) is 0 Å². The van der Waals surface area contributed by atoms with E-state index < -0.39 is 100 Å².